The van der Waals surface area contributed by atoms with E-state index in [9.17, 15) is 9.59 Å². The highest BCUT2D eigenvalue weighted by Gasteiger charge is 2.34. The zero-order valence-corrected chi connectivity index (χ0v) is 13.8. The molecule has 1 aromatic heterocycles. The van der Waals surface area contributed by atoms with Crippen molar-refractivity contribution < 1.29 is 19.4 Å². The van der Waals surface area contributed by atoms with Crippen molar-refractivity contribution in [2.45, 2.75) is 18.3 Å². The first kappa shape index (κ1) is 17.1. The molecule has 0 saturated carbocycles. The van der Waals surface area contributed by atoms with E-state index in [0.717, 1.165) is 12.8 Å². The maximum Gasteiger partial charge on any atom is 0.354 e. The number of carboxylic acids is 1. The lowest BCUT2D eigenvalue weighted by Crippen LogP contribution is -2.44. The molecular weight excluding hydrogens is 320 g/mol. The SMILES string of the molecule is O=C(NCC1(c2ccccc2)CCOCC1)c1ccnc(C(=O)O)c1. The molecule has 130 valence electrons. The van der Waals surface area contributed by atoms with Gasteiger partial charge in [0.2, 0.25) is 0 Å². The van der Waals surface area contributed by atoms with Gasteiger partial charge in [0, 0.05) is 36.9 Å². The predicted octanol–water partition coefficient (Wildman–Crippen LogP) is 2.26. The molecule has 1 fully saturated rings. The Morgan fingerprint density at radius 2 is 1.88 bits per heavy atom. The number of aromatic carboxylic acids is 1. The lowest BCUT2D eigenvalue weighted by atomic mass is 9.74. The van der Waals surface area contributed by atoms with Crippen LogP contribution in [0.5, 0.6) is 0 Å². The van der Waals surface area contributed by atoms with Crippen molar-refractivity contribution in [3.8, 4) is 0 Å². The number of hydrogen-bond donors (Lipinski definition) is 2. The fraction of sp³-hybridized carbons (Fsp3) is 0.316. The molecule has 3 rings (SSSR count). The minimum Gasteiger partial charge on any atom is -0.477 e. The molecule has 0 atom stereocenters. The number of benzene rings is 1. The summed E-state index contributed by atoms with van der Waals surface area (Å²) in [4.78, 5) is 27.2. The van der Waals surface area contributed by atoms with Gasteiger partial charge in [0.05, 0.1) is 0 Å². The van der Waals surface area contributed by atoms with Gasteiger partial charge < -0.3 is 15.2 Å². The first-order valence-electron chi connectivity index (χ1n) is 8.22. The summed E-state index contributed by atoms with van der Waals surface area (Å²) < 4.78 is 5.49. The summed E-state index contributed by atoms with van der Waals surface area (Å²) in [5, 5.41) is 12.0. The van der Waals surface area contributed by atoms with Crippen molar-refractivity contribution >= 4 is 11.9 Å². The van der Waals surface area contributed by atoms with Gasteiger partial charge in [-0.2, -0.15) is 0 Å². The van der Waals surface area contributed by atoms with Crippen molar-refractivity contribution in [1.82, 2.24) is 10.3 Å². The Balaban J connectivity index is 1.76. The normalized spacial score (nSPS) is 16.2. The lowest BCUT2D eigenvalue weighted by molar-refractivity contribution is 0.0487. The van der Waals surface area contributed by atoms with E-state index >= 15 is 0 Å². The maximum atomic E-state index is 12.5. The molecule has 1 aromatic carbocycles. The number of hydrogen-bond acceptors (Lipinski definition) is 4. The second-order valence-corrected chi connectivity index (χ2v) is 6.18. The van der Waals surface area contributed by atoms with Crippen LogP contribution in [0.15, 0.2) is 48.7 Å². The van der Waals surface area contributed by atoms with E-state index in [4.69, 9.17) is 9.84 Å². The van der Waals surface area contributed by atoms with E-state index < -0.39 is 5.97 Å². The summed E-state index contributed by atoms with van der Waals surface area (Å²) in [5.74, 6) is -1.45. The summed E-state index contributed by atoms with van der Waals surface area (Å²) in [7, 11) is 0. The van der Waals surface area contributed by atoms with Gasteiger partial charge in [0.1, 0.15) is 5.69 Å². The highest BCUT2D eigenvalue weighted by Crippen LogP contribution is 2.34. The fourth-order valence-corrected chi connectivity index (χ4v) is 3.16. The molecule has 1 aliphatic rings. The smallest absolute Gasteiger partial charge is 0.354 e. The highest BCUT2D eigenvalue weighted by atomic mass is 16.5. The van der Waals surface area contributed by atoms with Gasteiger partial charge >= 0.3 is 5.97 Å². The van der Waals surface area contributed by atoms with Gasteiger partial charge in [0.25, 0.3) is 5.91 Å². The Bertz CT molecular complexity index is 755. The average molecular weight is 340 g/mol. The summed E-state index contributed by atoms with van der Waals surface area (Å²) in [6, 6.07) is 12.9. The molecule has 0 spiro atoms. The van der Waals surface area contributed by atoms with Crippen LogP contribution >= 0.6 is 0 Å². The molecule has 0 bridgehead atoms. The molecule has 2 heterocycles. The van der Waals surface area contributed by atoms with Crippen molar-refractivity contribution in [3.63, 3.8) is 0 Å². The minimum absolute atomic E-state index is 0.142. The number of pyridine rings is 1. The molecule has 0 aliphatic carbocycles. The number of ether oxygens (including phenoxy) is 1. The molecule has 0 unspecified atom stereocenters. The number of amides is 1. The number of carbonyl (C=O) groups excluding carboxylic acids is 1. The van der Waals surface area contributed by atoms with E-state index in [2.05, 4.69) is 22.4 Å². The van der Waals surface area contributed by atoms with Crippen molar-refractivity contribution in [2.24, 2.45) is 0 Å². The van der Waals surface area contributed by atoms with Gasteiger partial charge in [-0.3, -0.25) is 4.79 Å². The summed E-state index contributed by atoms with van der Waals surface area (Å²) in [6.45, 7) is 1.79. The number of aromatic nitrogens is 1. The summed E-state index contributed by atoms with van der Waals surface area (Å²) in [6.07, 6.45) is 2.99. The highest BCUT2D eigenvalue weighted by molar-refractivity contribution is 5.96. The number of nitrogens with zero attached hydrogens (tertiary/aromatic N) is 1. The third-order valence-corrected chi connectivity index (χ3v) is 4.66. The number of carbonyl (C=O) groups is 2. The van der Waals surface area contributed by atoms with Crippen molar-refractivity contribution in [1.29, 1.82) is 0 Å². The van der Waals surface area contributed by atoms with Gasteiger partial charge in [0.15, 0.2) is 0 Å². The topological polar surface area (TPSA) is 88.5 Å². The molecule has 6 nitrogen and oxygen atoms in total. The first-order chi connectivity index (χ1) is 12.1. The largest absolute Gasteiger partial charge is 0.477 e. The number of carboxylic acid groups (broad SMARTS) is 1. The van der Waals surface area contributed by atoms with Gasteiger partial charge in [-0.15, -0.1) is 0 Å². The third-order valence-electron chi connectivity index (χ3n) is 4.66. The molecule has 1 amide bonds. The Hall–Kier alpha value is -2.73. The number of rotatable bonds is 5. The number of nitrogens with one attached hydrogen (secondary N) is 1. The van der Waals surface area contributed by atoms with E-state index in [1.54, 1.807) is 0 Å². The van der Waals surface area contributed by atoms with Crippen LogP contribution in [-0.4, -0.2) is 41.7 Å². The Labute approximate surface area is 145 Å². The van der Waals surface area contributed by atoms with Crippen LogP contribution < -0.4 is 5.32 Å². The van der Waals surface area contributed by atoms with E-state index in [-0.39, 0.29) is 17.0 Å². The van der Waals surface area contributed by atoms with Crippen LogP contribution in [0.2, 0.25) is 0 Å². The Kier molecular flexibility index (Phi) is 5.09. The third kappa shape index (κ3) is 3.85. The lowest BCUT2D eigenvalue weighted by Gasteiger charge is -2.38. The Morgan fingerprint density at radius 3 is 2.56 bits per heavy atom. The second kappa shape index (κ2) is 7.44. The van der Waals surface area contributed by atoms with Crippen LogP contribution in [0.1, 0.15) is 39.3 Å². The first-order valence-corrected chi connectivity index (χ1v) is 8.22. The van der Waals surface area contributed by atoms with Gasteiger partial charge in [-0.05, 0) is 30.5 Å². The van der Waals surface area contributed by atoms with E-state index in [1.165, 1.54) is 23.9 Å². The predicted molar refractivity (Wildman–Crippen MR) is 91.7 cm³/mol. The van der Waals surface area contributed by atoms with Crippen molar-refractivity contribution in [3.05, 3.63) is 65.5 Å². The zero-order chi connectivity index (χ0) is 17.7. The van der Waals surface area contributed by atoms with Gasteiger partial charge in [-0.25, -0.2) is 9.78 Å². The van der Waals surface area contributed by atoms with Crippen LogP contribution in [-0.2, 0) is 10.2 Å². The molecule has 6 heteroatoms. The van der Waals surface area contributed by atoms with E-state index in [1.807, 2.05) is 18.2 Å². The second-order valence-electron chi connectivity index (χ2n) is 6.18. The zero-order valence-electron chi connectivity index (χ0n) is 13.8. The van der Waals surface area contributed by atoms with Crippen LogP contribution in [0.25, 0.3) is 0 Å². The quantitative estimate of drug-likeness (QED) is 0.871. The average Bonchev–Trinajstić information content (AvgIpc) is 2.67. The maximum absolute atomic E-state index is 12.5. The van der Waals surface area contributed by atoms with Crippen LogP contribution in [0, 0.1) is 0 Å². The molecule has 25 heavy (non-hydrogen) atoms. The van der Waals surface area contributed by atoms with E-state index in [0.29, 0.717) is 25.3 Å². The molecule has 1 aliphatic heterocycles. The Morgan fingerprint density at radius 1 is 1.16 bits per heavy atom. The minimum atomic E-state index is -1.15. The monoisotopic (exact) mass is 340 g/mol. The molecule has 2 aromatic rings. The van der Waals surface area contributed by atoms with Crippen molar-refractivity contribution in [2.75, 3.05) is 19.8 Å². The molecule has 1 saturated heterocycles. The molecule has 0 radical (unpaired) electrons. The van der Waals surface area contributed by atoms with Gasteiger partial charge in [-0.1, -0.05) is 30.3 Å². The van der Waals surface area contributed by atoms with Crippen LogP contribution in [0.4, 0.5) is 0 Å². The standard InChI is InChI=1S/C19H20N2O4/c22-17(14-6-9-20-16(12-14)18(23)24)21-13-19(7-10-25-11-8-19)15-4-2-1-3-5-15/h1-6,9,12H,7-8,10-11,13H2,(H,21,22)(H,23,24). The summed E-state index contributed by atoms with van der Waals surface area (Å²) in [5.41, 5.74) is 1.16. The van der Waals surface area contributed by atoms with Crippen LogP contribution in [0.3, 0.4) is 0 Å². The molecular formula is C19H20N2O4. The summed E-state index contributed by atoms with van der Waals surface area (Å²) >= 11 is 0. The fourth-order valence-electron chi connectivity index (χ4n) is 3.16. The molecule has 2 N–H and O–H groups in total.